The molecule has 1 aliphatic rings. The molecule has 3 aromatic rings. The van der Waals surface area contributed by atoms with Crippen molar-refractivity contribution in [3.63, 3.8) is 0 Å². The molecule has 136 valence electrons. The molecule has 2 aromatic carbocycles. The van der Waals surface area contributed by atoms with Crippen LogP contribution in [0.5, 0.6) is 0 Å². The van der Waals surface area contributed by atoms with E-state index in [0.717, 1.165) is 20.9 Å². The number of benzene rings is 2. The minimum absolute atomic E-state index is 0.261. The molecule has 7 heteroatoms. The molecule has 1 aliphatic heterocycles. The molecule has 1 amide bonds. The number of hydrogen-bond acceptors (Lipinski definition) is 5. The van der Waals surface area contributed by atoms with E-state index in [1.165, 1.54) is 18.4 Å². The first-order valence-corrected chi connectivity index (χ1v) is 10.3. The zero-order chi connectivity index (χ0) is 19.0. The molecule has 1 aromatic heterocycles. The van der Waals surface area contributed by atoms with Crippen molar-refractivity contribution in [3.8, 4) is 10.4 Å². The molecule has 4 rings (SSSR count). The highest BCUT2D eigenvalue weighted by molar-refractivity contribution is 7.98. The lowest BCUT2D eigenvalue weighted by molar-refractivity contribution is 0.0607. The number of anilines is 1. The summed E-state index contributed by atoms with van der Waals surface area (Å²) in [4.78, 5) is 27.5. The van der Waals surface area contributed by atoms with E-state index in [1.54, 1.807) is 36.0 Å². The van der Waals surface area contributed by atoms with Crippen LogP contribution < -0.4 is 5.32 Å². The number of thiophene rings is 1. The Labute approximate surface area is 169 Å². The third-order valence-electron chi connectivity index (χ3n) is 4.21. The van der Waals surface area contributed by atoms with Gasteiger partial charge in [-0.15, -0.1) is 23.1 Å². The normalized spacial score (nSPS) is 12.1. The summed E-state index contributed by atoms with van der Waals surface area (Å²) in [7, 11) is 1.34. The minimum atomic E-state index is -0.466. The lowest BCUT2D eigenvalue weighted by Crippen LogP contribution is -2.15. The summed E-state index contributed by atoms with van der Waals surface area (Å²) in [5, 5.41) is 3.55. The van der Waals surface area contributed by atoms with E-state index in [2.05, 4.69) is 5.32 Å². The van der Waals surface area contributed by atoms with E-state index in [9.17, 15) is 9.59 Å². The van der Waals surface area contributed by atoms with Gasteiger partial charge in [-0.1, -0.05) is 29.8 Å². The number of methoxy groups -OCH3 is 1. The lowest BCUT2D eigenvalue weighted by Gasteiger charge is -2.17. The molecule has 2 heterocycles. The summed E-state index contributed by atoms with van der Waals surface area (Å²) in [6.07, 6.45) is 0. The molecule has 0 saturated carbocycles. The molecule has 0 saturated heterocycles. The van der Waals surface area contributed by atoms with Gasteiger partial charge in [0, 0.05) is 37.2 Å². The van der Waals surface area contributed by atoms with Crippen LogP contribution in [0.4, 0.5) is 5.69 Å². The standard InChI is InChI=1S/C20H14ClNO3S2/c1-25-20(24)18-16(22-19(23)11-5-3-2-4-6-11)14-10-26-15-8-7-12(21)9-13(15)17(14)27-18/h2-9H,10H2,1H3,(H,22,23). The fraction of sp³-hybridized carbons (Fsp3) is 0.100. The van der Waals surface area contributed by atoms with Crippen molar-refractivity contribution in [3.05, 3.63) is 69.6 Å². The van der Waals surface area contributed by atoms with Gasteiger partial charge in [-0.3, -0.25) is 4.79 Å². The maximum atomic E-state index is 12.7. The number of halogens is 1. The van der Waals surface area contributed by atoms with Crippen molar-refractivity contribution >= 4 is 52.3 Å². The zero-order valence-corrected chi connectivity index (χ0v) is 16.6. The second-order valence-corrected chi connectivity index (χ2v) is 8.33. The highest BCUT2D eigenvalue weighted by Gasteiger charge is 2.29. The number of rotatable bonds is 3. The third kappa shape index (κ3) is 3.36. The van der Waals surface area contributed by atoms with Crippen molar-refractivity contribution in [2.45, 2.75) is 10.6 Å². The monoisotopic (exact) mass is 415 g/mol. The lowest BCUT2D eigenvalue weighted by atomic mass is 10.1. The Kier molecular flexibility index (Phi) is 4.95. The first-order chi connectivity index (χ1) is 13.1. The van der Waals surface area contributed by atoms with E-state index in [4.69, 9.17) is 16.3 Å². The average molecular weight is 416 g/mol. The average Bonchev–Trinajstić information content (AvgIpc) is 3.07. The number of carbonyl (C=O) groups is 2. The molecular weight excluding hydrogens is 402 g/mol. The highest BCUT2D eigenvalue weighted by Crippen LogP contribution is 2.50. The molecule has 0 aliphatic carbocycles. The molecule has 0 spiro atoms. The van der Waals surface area contributed by atoms with Crippen LogP contribution in [0.2, 0.25) is 5.02 Å². The maximum absolute atomic E-state index is 12.7. The predicted molar refractivity (Wildman–Crippen MR) is 110 cm³/mol. The number of amides is 1. The molecule has 4 nitrogen and oxygen atoms in total. The van der Waals surface area contributed by atoms with Crippen molar-refractivity contribution < 1.29 is 14.3 Å². The minimum Gasteiger partial charge on any atom is -0.465 e. The van der Waals surface area contributed by atoms with E-state index in [1.807, 2.05) is 24.3 Å². The maximum Gasteiger partial charge on any atom is 0.350 e. The zero-order valence-electron chi connectivity index (χ0n) is 14.2. The van der Waals surface area contributed by atoms with Gasteiger partial charge < -0.3 is 10.1 Å². The number of nitrogens with one attached hydrogen (secondary N) is 1. The molecule has 0 atom stereocenters. The van der Waals surface area contributed by atoms with Gasteiger partial charge >= 0.3 is 5.97 Å². The van der Waals surface area contributed by atoms with E-state index in [0.29, 0.717) is 26.9 Å². The number of hydrogen-bond donors (Lipinski definition) is 1. The predicted octanol–water partition coefficient (Wildman–Crippen LogP) is 5.71. The summed E-state index contributed by atoms with van der Waals surface area (Å²) in [6, 6.07) is 14.6. The molecule has 0 unspecified atom stereocenters. The summed E-state index contributed by atoms with van der Waals surface area (Å²) in [6.45, 7) is 0. The molecule has 0 radical (unpaired) electrons. The largest absolute Gasteiger partial charge is 0.465 e. The van der Waals surface area contributed by atoms with Gasteiger partial charge in [0.25, 0.3) is 5.91 Å². The Balaban J connectivity index is 1.82. The molecule has 1 N–H and O–H groups in total. The Morgan fingerprint density at radius 2 is 1.93 bits per heavy atom. The molecule has 0 bridgehead atoms. The number of carbonyl (C=O) groups excluding carboxylic acids is 2. The second kappa shape index (κ2) is 7.38. The van der Waals surface area contributed by atoms with Crippen LogP contribution in [0, 0.1) is 0 Å². The Hall–Kier alpha value is -2.28. The van der Waals surface area contributed by atoms with Gasteiger partial charge in [-0.05, 0) is 30.3 Å². The number of fused-ring (bicyclic) bond motifs is 3. The summed E-state index contributed by atoms with van der Waals surface area (Å²) >= 11 is 9.15. The molecule has 0 fully saturated rings. The van der Waals surface area contributed by atoms with Crippen molar-refractivity contribution in [2.24, 2.45) is 0 Å². The van der Waals surface area contributed by atoms with Crippen molar-refractivity contribution in [1.29, 1.82) is 0 Å². The fourth-order valence-corrected chi connectivity index (χ4v) is 5.54. The quantitative estimate of drug-likeness (QED) is 0.556. The van der Waals surface area contributed by atoms with Crippen LogP contribution in [0.1, 0.15) is 25.6 Å². The van der Waals surface area contributed by atoms with Crippen molar-refractivity contribution in [2.75, 3.05) is 12.4 Å². The summed E-state index contributed by atoms with van der Waals surface area (Å²) < 4.78 is 4.94. The third-order valence-corrected chi connectivity index (χ3v) is 6.79. The smallest absolute Gasteiger partial charge is 0.350 e. The first kappa shape index (κ1) is 18.1. The summed E-state index contributed by atoms with van der Waals surface area (Å²) in [5.41, 5.74) is 2.95. The number of thioether (sulfide) groups is 1. The summed E-state index contributed by atoms with van der Waals surface area (Å²) in [5.74, 6) is -0.0726. The number of esters is 1. The SMILES string of the molecule is COC(=O)c1sc2c(c1NC(=O)c1ccccc1)CSc1ccc(Cl)cc1-2. The fourth-order valence-electron chi connectivity index (χ4n) is 2.92. The molecular formula is C20H14ClNO3S2. The van der Waals surface area contributed by atoms with Crippen LogP contribution >= 0.6 is 34.7 Å². The van der Waals surface area contributed by atoms with Crippen LogP contribution in [-0.2, 0) is 10.5 Å². The van der Waals surface area contributed by atoms with Crippen LogP contribution in [0.15, 0.2) is 53.4 Å². The Morgan fingerprint density at radius 1 is 1.15 bits per heavy atom. The van der Waals surface area contributed by atoms with E-state index < -0.39 is 5.97 Å². The van der Waals surface area contributed by atoms with Crippen molar-refractivity contribution in [1.82, 2.24) is 0 Å². The van der Waals surface area contributed by atoms with E-state index >= 15 is 0 Å². The van der Waals surface area contributed by atoms with Gasteiger partial charge in [0.05, 0.1) is 12.8 Å². The van der Waals surface area contributed by atoms with Crippen LogP contribution in [-0.4, -0.2) is 19.0 Å². The molecule has 27 heavy (non-hydrogen) atoms. The van der Waals surface area contributed by atoms with Gasteiger partial charge in [-0.2, -0.15) is 0 Å². The second-order valence-electron chi connectivity index (χ2n) is 5.85. The van der Waals surface area contributed by atoms with Gasteiger partial charge in [0.2, 0.25) is 0 Å². The number of ether oxygens (including phenoxy) is 1. The van der Waals surface area contributed by atoms with Gasteiger partial charge in [0.1, 0.15) is 4.88 Å². The van der Waals surface area contributed by atoms with E-state index in [-0.39, 0.29) is 5.91 Å². The first-order valence-electron chi connectivity index (χ1n) is 8.11. The Bertz CT molecular complexity index is 1050. The van der Waals surface area contributed by atoms with Crippen LogP contribution in [0.3, 0.4) is 0 Å². The topological polar surface area (TPSA) is 55.4 Å². The Morgan fingerprint density at radius 3 is 2.67 bits per heavy atom. The van der Waals surface area contributed by atoms with Gasteiger partial charge in [0.15, 0.2) is 0 Å². The van der Waals surface area contributed by atoms with Gasteiger partial charge in [-0.25, -0.2) is 4.79 Å². The van der Waals surface area contributed by atoms with Crippen LogP contribution in [0.25, 0.3) is 10.4 Å². The highest BCUT2D eigenvalue weighted by atomic mass is 35.5.